The van der Waals surface area contributed by atoms with Crippen molar-refractivity contribution in [3.63, 3.8) is 0 Å². The van der Waals surface area contributed by atoms with Crippen molar-refractivity contribution in [2.45, 2.75) is 31.8 Å². The van der Waals surface area contributed by atoms with Crippen LogP contribution in [0.25, 0.3) is 0 Å². The SMILES string of the molecule is CC1(O)[C@@H]2[C@H]3CC[C@H](C3)[C@@H]21. The van der Waals surface area contributed by atoms with Gasteiger partial charge in [0.1, 0.15) is 0 Å². The highest BCUT2D eigenvalue weighted by Crippen LogP contribution is 2.71. The molecule has 0 aromatic carbocycles. The Morgan fingerprint density at radius 3 is 2.10 bits per heavy atom. The highest BCUT2D eigenvalue weighted by molar-refractivity contribution is 5.20. The Labute approximate surface area is 61.4 Å². The summed E-state index contributed by atoms with van der Waals surface area (Å²) in [5.41, 5.74) is -0.232. The topological polar surface area (TPSA) is 20.2 Å². The minimum atomic E-state index is -0.232. The van der Waals surface area contributed by atoms with E-state index in [4.69, 9.17) is 0 Å². The van der Waals surface area contributed by atoms with E-state index in [1.54, 1.807) is 0 Å². The minimum absolute atomic E-state index is 0.232. The van der Waals surface area contributed by atoms with Gasteiger partial charge < -0.3 is 5.11 Å². The number of hydrogen-bond acceptors (Lipinski definition) is 1. The van der Waals surface area contributed by atoms with Crippen molar-refractivity contribution < 1.29 is 5.11 Å². The predicted octanol–water partition coefficient (Wildman–Crippen LogP) is 1.41. The van der Waals surface area contributed by atoms with E-state index in [9.17, 15) is 5.11 Å². The Morgan fingerprint density at radius 1 is 1.20 bits per heavy atom. The van der Waals surface area contributed by atoms with Crippen LogP contribution in [0.2, 0.25) is 0 Å². The molecule has 0 aliphatic heterocycles. The fraction of sp³-hybridized carbons (Fsp3) is 1.00. The Balaban J connectivity index is 1.97. The molecule has 2 bridgehead atoms. The maximum atomic E-state index is 9.79. The van der Waals surface area contributed by atoms with Gasteiger partial charge in [-0.1, -0.05) is 0 Å². The van der Waals surface area contributed by atoms with E-state index in [1.807, 2.05) is 6.92 Å². The lowest BCUT2D eigenvalue weighted by molar-refractivity contribution is 0.110. The van der Waals surface area contributed by atoms with Crippen molar-refractivity contribution in [3.05, 3.63) is 0 Å². The van der Waals surface area contributed by atoms with Crippen LogP contribution in [-0.4, -0.2) is 10.7 Å². The molecular formula is C9H14O. The van der Waals surface area contributed by atoms with Crippen LogP contribution in [0, 0.1) is 23.7 Å². The van der Waals surface area contributed by atoms with E-state index in [1.165, 1.54) is 19.3 Å². The fourth-order valence-electron chi connectivity index (χ4n) is 3.81. The zero-order chi connectivity index (χ0) is 6.93. The van der Waals surface area contributed by atoms with Gasteiger partial charge in [0.05, 0.1) is 5.60 Å². The van der Waals surface area contributed by atoms with Gasteiger partial charge in [0, 0.05) is 0 Å². The third kappa shape index (κ3) is 0.402. The molecule has 1 N–H and O–H groups in total. The van der Waals surface area contributed by atoms with Crippen molar-refractivity contribution >= 4 is 0 Å². The molecular weight excluding hydrogens is 124 g/mol. The molecule has 1 nitrogen and oxygen atoms in total. The van der Waals surface area contributed by atoms with Crippen molar-refractivity contribution in [1.82, 2.24) is 0 Å². The molecule has 5 atom stereocenters. The number of hydrogen-bond donors (Lipinski definition) is 1. The molecule has 3 fully saturated rings. The summed E-state index contributed by atoms with van der Waals surface area (Å²) in [5.74, 6) is 3.24. The van der Waals surface area contributed by atoms with Gasteiger partial charge in [-0.25, -0.2) is 0 Å². The van der Waals surface area contributed by atoms with Gasteiger partial charge in [0.25, 0.3) is 0 Å². The van der Waals surface area contributed by atoms with Gasteiger partial charge in [-0.3, -0.25) is 0 Å². The van der Waals surface area contributed by atoms with Crippen LogP contribution in [0.4, 0.5) is 0 Å². The van der Waals surface area contributed by atoms with Crippen molar-refractivity contribution in [3.8, 4) is 0 Å². The van der Waals surface area contributed by atoms with Crippen LogP contribution in [0.3, 0.4) is 0 Å². The summed E-state index contributed by atoms with van der Waals surface area (Å²) in [5, 5.41) is 9.79. The summed E-state index contributed by atoms with van der Waals surface area (Å²) in [6.07, 6.45) is 4.25. The number of aliphatic hydroxyl groups is 1. The molecule has 10 heavy (non-hydrogen) atoms. The van der Waals surface area contributed by atoms with E-state index in [-0.39, 0.29) is 5.60 Å². The minimum Gasteiger partial charge on any atom is -0.390 e. The third-order valence-corrected chi connectivity index (χ3v) is 4.16. The summed E-state index contributed by atoms with van der Waals surface area (Å²) in [4.78, 5) is 0. The second-order valence-corrected chi connectivity index (χ2v) is 4.61. The van der Waals surface area contributed by atoms with Crippen molar-refractivity contribution in [1.29, 1.82) is 0 Å². The summed E-state index contributed by atoms with van der Waals surface area (Å²) in [6.45, 7) is 2.03. The van der Waals surface area contributed by atoms with Gasteiger partial charge in [0.15, 0.2) is 0 Å². The first-order valence-electron chi connectivity index (χ1n) is 4.43. The molecule has 3 rings (SSSR count). The van der Waals surface area contributed by atoms with Gasteiger partial charge in [-0.05, 0) is 49.9 Å². The Hall–Kier alpha value is -0.0400. The zero-order valence-electron chi connectivity index (χ0n) is 6.38. The third-order valence-electron chi connectivity index (χ3n) is 4.16. The molecule has 1 heteroatoms. The Kier molecular flexibility index (Phi) is 0.722. The first-order chi connectivity index (χ1) is 4.71. The van der Waals surface area contributed by atoms with Crippen LogP contribution in [0.1, 0.15) is 26.2 Å². The van der Waals surface area contributed by atoms with Gasteiger partial charge in [-0.2, -0.15) is 0 Å². The lowest BCUT2D eigenvalue weighted by Crippen LogP contribution is -2.14. The van der Waals surface area contributed by atoms with Crippen LogP contribution in [0.5, 0.6) is 0 Å². The van der Waals surface area contributed by atoms with Crippen LogP contribution in [-0.2, 0) is 0 Å². The van der Waals surface area contributed by atoms with E-state index in [0.29, 0.717) is 11.8 Å². The van der Waals surface area contributed by atoms with Gasteiger partial charge in [0.2, 0.25) is 0 Å². The predicted molar refractivity (Wildman–Crippen MR) is 38.4 cm³/mol. The largest absolute Gasteiger partial charge is 0.390 e. The Morgan fingerprint density at radius 2 is 1.70 bits per heavy atom. The van der Waals surface area contributed by atoms with E-state index in [2.05, 4.69) is 0 Å². The second kappa shape index (κ2) is 1.29. The maximum Gasteiger partial charge on any atom is 0.0688 e. The van der Waals surface area contributed by atoms with Crippen LogP contribution < -0.4 is 0 Å². The highest BCUT2D eigenvalue weighted by Gasteiger charge is 2.71. The summed E-state index contributed by atoms with van der Waals surface area (Å²) in [7, 11) is 0. The average Bonchev–Trinajstić information content (AvgIpc) is 2.37. The monoisotopic (exact) mass is 138 g/mol. The molecule has 0 radical (unpaired) electrons. The standard InChI is InChI=1S/C9H14O/c1-9(10)7-5-2-3-6(4-5)8(7)9/h5-8,10H,2-4H2,1H3/t5-,6+,7+,8-,9?. The molecule has 0 heterocycles. The highest BCUT2D eigenvalue weighted by atomic mass is 16.3. The smallest absolute Gasteiger partial charge is 0.0688 e. The summed E-state index contributed by atoms with van der Waals surface area (Å²) >= 11 is 0. The molecule has 0 aromatic rings. The quantitative estimate of drug-likeness (QED) is 0.536. The molecule has 3 saturated carbocycles. The molecule has 3 aliphatic carbocycles. The number of rotatable bonds is 0. The zero-order valence-corrected chi connectivity index (χ0v) is 6.38. The van der Waals surface area contributed by atoms with Gasteiger partial charge >= 0.3 is 0 Å². The molecule has 3 aliphatic rings. The maximum absolute atomic E-state index is 9.79. The molecule has 0 aromatic heterocycles. The lowest BCUT2D eigenvalue weighted by Gasteiger charge is -2.10. The molecule has 56 valence electrons. The second-order valence-electron chi connectivity index (χ2n) is 4.61. The van der Waals surface area contributed by atoms with E-state index < -0.39 is 0 Å². The van der Waals surface area contributed by atoms with E-state index >= 15 is 0 Å². The molecule has 0 spiro atoms. The Bertz CT molecular complexity index is 167. The summed E-state index contributed by atoms with van der Waals surface area (Å²) in [6, 6.07) is 0. The first kappa shape index (κ1) is 5.59. The average molecular weight is 138 g/mol. The molecule has 1 unspecified atom stereocenters. The normalized spacial score (nSPS) is 70.2. The first-order valence-corrected chi connectivity index (χ1v) is 4.43. The lowest BCUT2D eigenvalue weighted by atomic mass is 10.0. The van der Waals surface area contributed by atoms with Gasteiger partial charge in [-0.15, -0.1) is 0 Å². The molecule has 0 amide bonds. The van der Waals surface area contributed by atoms with E-state index in [0.717, 1.165) is 11.8 Å². The number of fused-ring (bicyclic) bond motifs is 5. The fourth-order valence-corrected chi connectivity index (χ4v) is 3.81. The van der Waals surface area contributed by atoms with Crippen molar-refractivity contribution in [2.24, 2.45) is 23.7 Å². The van der Waals surface area contributed by atoms with Crippen molar-refractivity contribution in [2.75, 3.05) is 0 Å². The van der Waals surface area contributed by atoms with Crippen LogP contribution in [0.15, 0.2) is 0 Å². The molecule has 0 saturated heterocycles. The summed E-state index contributed by atoms with van der Waals surface area (Å²) < 4.78 is 0. The van der Waals surface area contributed by atoms with Crippen LogP contribution >= 0.6 is 0 Å².